The van der Waals surface area contributed by atoms with E-state index in [1.54, 1.807) is 11.8 Å². The van der Waals surface area contributed by atoms with Gasteiger partial charge in [-0.15, -0.1) is 0 Å². The van der Waals surface area contributed by atoms with Crippen LogP contribution in [0.25, 0.3) is 5.69 Å². The molecule has 5 nitrogen and oxygen atoms in total. The highest BCUT2D eigenvalue weighted by Crippen LogP contribution is 2.26. The van der Waals surface area contributed by atoms with Gasteiger partial charge in [-0.3, -0.25) is 14.4 Å². The van der Waals surface area contributed by atoms with Gasteiger partial charge in [0.1, 0.15) is 0 Å². The normalized spacial score (nSPS) is 15.3. The zero-order valence-corrected chi connectivity index (χ0v) is 18.7. The van der Waals surface area contributed by atoms with Gasteiger partial charge < -0.3 is 4.74 Å². The molecule has 0 radical (unpaired) electrons. The zero-order valence-electron chi connectivity index (χ0n) is 18.7. The third-order valence-corrected chi connectivity index (χ3v) is 6.55. The summed E-state index contributed by atoms with van der Waals surface area (Å²) in [4.78, 5) is 15.4. The standard InChI is InChI=1S/C26H33N3O2/c1-27-24(25(31-2)26(30)29(27)23-14-7-4-8-15-23)20-28-18-16-22(17-19-28)13-9-12-21-10-5-3-6-11-21/h3-8,10-11,14-15,22H,9,12-13,16-20H2,1-2H3. The molecule has 0 aliphatic carbocycles. The molecule has 0 amide bonds. The van der Waals surface area contributed by atoms with Gasteiger partial charge in [0.25, 0.3) is 0 Å². The Morgan fingerprint density at radius 2 is 1.61 bits per heavy atom. The van der Waals surface area contributed by atoms with Crippen LogP contribution in [0.4, 0.5) is 0 Å². The smallest absolute Gasteiger partial charge is 0.314 e. The second-order valence-electron chi connectivity index (χ2n) is 8.55. The lowest BCUT2D eigenvalue weighted by Crippen LogP contribution is -2.34. The Bertz CT molecular complexity index is 1020. The number of likely N-dealkylation sites (tertiary alicyclic amines) is 1. The van der Waals surface area contributed by atoms with Crippen molar-refractivity contribution in [1.82, 2.24) is 14.3 Å². The van der Waals surface area contributed by atoms with Gasteiger partial charge in [-0.1, -0.05) is 55.0 Å². The van der Waals surface area contributed by atoms with Crippen molar-refractivity contribution in [1.29, 1.82) is 0 Å². The lowest BCUT2D eigenvalue weighted by molar-refractivity contribution is 0.166. The van der Waals surface area contributed by atoms with Gasteiger partial charge in [0.2, 0.25) is 5.75 Å². The molecule has 1 fully saturated rings. The van der Waals surface area contributed by atoms with E-state index in [0.717, 1.165) is 36.9 Å². The Hall–Kier alpha value is -2.79. The maximum absolute atomic E-state index is 13.0. The Morgan fingerprint density at radius 1 is 0.968 bits per heavy atom. The average Bonchev–Trinajstić information content (AvgIpc) is 3.05. The van der Waals surface area contributed by atoms with Crippen LogP contribution in [0.1, 0.15) is 36.9 Å². The van der Waals surface area contributed by atoms with E-state index in [1.807, 2.05) is 42.1 Å². The molecule has 3 aromatic rings. The zero-order chi connectivity index (χ0) is 21.6. The molecule has 0 saturated carbocycles. The number of aromatic nitrogens is 2. The molecule has 0 bridgehead atoms. The largest absolute Gasteiger partial charge is 0.490 e. The molecule has 0 N–H and O–H groups in total. The molecule has 164 valence electrons. The highest BCUT2D eigenvalue weighted by molar-refractivity contribution is 5.36. The van der Waals surface area contributed by atoms with Crippen LogP contribution in [0.15, 0.2) is 65.5 Å². The van der Waals surface area contributed by atoms with Crippen molar-refractivity contribution in [3.05, 3.63) is 82.3 Å². The number of benzene rings is 2. The molecule has 1 aromatic heterocycles. The molecule has 0 atom stereocenters. The summed E-state index contributed by atoms with van der Waals surface area (Å²) in [7, 11) is 3.54. The van der Waals surface area contributed by atoms with Crippen molar-refractivity contribution in [3.8, 4) is 11.4 Å². The summed E-state index contributed by atoms with van der Waals surface area (Å²) < 4.78 is 9.18. The van der Waals surface area contributed by atoms with E-state index in [9.17, 15) is 4.79 Å². The SMILES string of the molecule is COc1c(CN2CCC(CCCc3ccccc3)CC2)n(C)n(-c2ccccc2)c1=O. The van der Waals surface area contributed by atoms with Gasteiger partial charge in [-0.05, 0) is 62.4 Å². The summed E-state index contributed by atoms with van der Waals surface area (Å²) >= 11 is 0. The van der Waals surface area contributed by atoms with Gasteiger partial charge in [0, 0.05) is 13.6 Å². The molecule has 2 heterocycles. The first-order chi connectivity index (χ1) is 15.2. The summed E-state index contributed by atoms with van der Waals surface area (Å²) in [6.45, 7) is 2.89. The highest BCUT2D eigenvalue weighted by Gasteiger charge is 2.24. The Balaban J connectivity index is 1.36. The first-order valence-electron chi connectivity index (χ1n) is 11.3. The van der Waals surface area contributed by atoms with Crippen LogP contribution in [0.2, 0.25) is 0 Å². The third kappa shape index (κ3) is 4.93. The fourth-order valence-corrected chi connectivity index (χ4v) is 4.75. The minimum Gasteiger partial charge on any atom is -0.490 e. The lowest BCUT2D eigenvalue weighted by atomic mass is 9.90. The average molecular weight is 420 g/mol. The van der Waals surface area contributed by atoms with Crippen molar-refractivity contribution in [3.63, 3.8) is 0 Å². The molecule has 1 aliphatic heterocycles. The monoisotopic (exact) mass is 419 g/mol. The van der Waals surface area contributed by atoms with Gasteiger partial charge in [-0.2, -0.15) is 0 Å². The Labute approximate surface area is 184 Å². The number of hydrogen-bond acceptors (Lipinski definition) is 3. The number of para-hydroxylation sites is 1. The van der Waals surface area contributed by atoms with E-state index in [4.69, 9.17) is 4.74 Å². The molecule has 31 heavy (non-hydrogen) atoms. The molecular formula is C26H33N3O2. The molecule has 0 spiro atoms. The first kappa shape index (κ1) is 21.4. The van der Waals surface area contributed by atoms with Crippen LogP contribution < -0.4 is 10.3 Å². The maximum Gasteiger partial charge on any atom is 0.314 e. The van der Waals surface area contributed by atoms with Crippen LogP contribution >= 0.6 is 0 Å². The number of ether oxygens (including phenoxy) is 1. The van der Waals surface area contributed by atoms with Crippen molar-refractivity contribution in [2.45, 2.75) is 38.6 Å². The molecule has 0 unspecified atom stereocenters. The minimum absolute atomic E-state index is 0.0954. The van der Waals surface area contributed by atoms with Gasteiger partial charge >= 0.3 is 5.56 Å². The van der Waals surface area contributed by atoms with Crippen molar-refractivity contribution in [2.75, 3.05) is 20.2 Å². The van der Waals surface area contributed by atoms with Crippen LogP contribution in [0.5, 0.6) is 5.75 Å². The van der Waals surface area contributed by atoms with Crippen LogP contribution in [-0.4, -0.2) is 34.5 Å². The number of nitrogens with zero attached hydrogens (tertiary/aromatic N) is 3. The summed E-state index contributed by atoms with van der Waals surface area (Å²) in [5.41, 5.74) is 3.15. The van der Waals surface area contributed by atoms with Crippen LogP contribution in [0, 0.1) is 5.92 Å². The summed E-state index contributed by atoms with van der Waals surface area (Å²) in [5, 5.41) is 0. The second kappa shape index (κ2) is 10.0. The Kier molecular flexibility index (Phi) is 6.92. The summed E-state index contributed by atoms with van der Waals surface area (Å²) in [6, 6.07) is 20.5. The first-order valence-corrected chi connectivity index (χ1v) is 11.3. The molecule has 1 saturated heterocycles. The number of piperidine rings is 1. The fraction of sp³-hybridized carbons (Fsp3) is 0.423. The Morgan fingerprint density at radius 3 is 2.26 bits per heavy atom. The van der Waals surface area contributed by atoms with E-state index in [2.05, 4.69) is 35.2 Å². The fourth-order valence-electron chi connectivity index (χ4n) is 4.75. The van der Waals surface area contributed by atoms with Crippen molar-refractivity contribution in [2.24, 2.45) is 13.0 Å². The number of rotatable bonds is 8. The molecular weight excluding hydrogens is 386 g/mol. The molecule has 2 aromatic carbocycles. The van der Waals surface area contributed by atoms with E-state index in [1.165, 1.54) is 37.7 Å². The topological polar surface area (TPSA) is 39.4 Å². The molecule has 5 heteroatoms. The predicted molar refractivity (Wildman–Crippen MR) is 125 cm³/mol. The van der Waals surface area contributed by atoms with Gasteiger partial charge in [-0.25, -0.2) is 4.68 Å². The van der Waals surface area contributed by atoms with E-state index >= 15 is 0 Å². The van der Waals surface area contributed by atoms with Gasteiger partial charge in [0.15, 0.2) is 0 Å². The van der Waals surface area contributed by atoms with Gasteiger partial charge in [0.05, 0.1) is 18.5 Å². The van der Waals surface area contributed by atoms with E-state index in [0.29, 0.717) is 5.75 Å². The number of hydrogen-bond donors (Lipinski definition) is 0. The number of aryl methyl sites for hydroxylation is 1. The summed E-state index contributed by atoms with van der Waals surface area (Å²) in [6.07, 6.45) is 6.19. The minimum atomic E-state index is -0.0954. The highest BCUT2D eigenvalue weighted by atomic mass is 16.5. The summed E-state index contributed by atoms with van der Waals surface area (Å²) in [5.74, 6) is 1.26. The molecule has 4 rings (SSSR count). The number of methoxy groups -OCH3 is 1. The van der Waals surface area contributed by atoms with E-state index < -0.39 is 0 Å². The lowest BCUT2D eigenvalue weighted by Gasteiger charge is -2.32. The quantitative estimate of drug-likeness (QED) is 0.543. The van der Waals surface area contributed by atoms with Crippen LogP contribution in [0.3, 0.4) is 0 Å². The van der Waals surface area contributed by atoms with Crippen molar-refractivity contribution >= 4 is 0 Å². The maximum atomic E-state index is 13.0. The van der Waals surface area contributed by atoms with Crippen molar-refractivity contribution < 1.29 is 4.74 Å². The predicted octanol–water partition coefficient (Wildman–Crippen LogP) is 4.42. The second-order valence-corrected chi connectivity index (χ2v) is 8.55. The third-order valence-electron chi connectivity index (χ3n) is 6.55. The van der Waals surface area contributed by atoms with E-state index in [-0.39, 0.29) is 5.56 Å². The van der Waals surface area contributed by atoms with Crippen LogP contribution in [-0.2, 0) is 20.0 Å². The molecule has 1 aliphatic rings.